The van der Waals surface area contributed by atoms with E-state index in [1.807, 2.05) is 6.07 Å². The van der Waals surface area contributed by atoms with Gasteiger partial charge in [0, 0.05) is 17.2 Å². The number of aromatic amines is 1. The van der Waals surface area contributed by atoms with Gasteiger partial charge in [0.2, 0.25) is 11.7 Å². The number of nitrogens with one attached hydrogen (secondary N) is 2. The van der Waals surface area contributed by atoms with Crippen LogP contribution < -0.4 is 5.32 Å². The number of thiophene rings is 1. The molecule has 0 fully saturated rings. The molecule has 25 heavy (non-hydrogen) atoms. The van der Waals surface area contributed by atoms with Crippen LogP contribution in [0.25, 0.3) is 10.9 Å². The molecule has 0 atom stereocenters. The van der Waals surface area contributed by atoms with E-state index in [9.17, 15) is 14.4 Å². The van der Waals surface area contributed by atoms with Gasteiger partial charge in [0.25, 0.3) is 0 Å². The average Bonchev–Trinajstić information content (AvgIpc) is 3.24. The third-order valence-corrected chi connectivity index (χ3v) is 4.57. The normalized spacial score (nSPS) is 10.6. The van der Waals surface area contributed by atoms with E-state index in [1.54, 1.807) is 30.3 Å². The lowest BCUT2D eigenvalue weighted by Crippen LogP contribution is -2.18. The van der Waals surface area contributed by atoms with Crippen LogP contribution in [0.4, 0.5) is 0 Å². The van der Waals surface area contributed by atoms with Gasteiger partial charge < -0.3 is 10.1 Å². The molecule has 0 saturated carbocycles. The second-order valence-corrected chi connectivity index (χ2v) is 6.46. The van der Waals surface area contributed by atoms with Crippen molar-refractivity contribution in [2.24, 2.45) is 0 Å². The minimum atomic E-state index is -0.652. The quantitative estimate of drug-likeness (QED) is 0.521. The molecule has 1 aromatic carbocycles. The topological polar surface area (TPSA) is 101 Å². The minimum absolute atomic E-state index is 0.138. The van der Waals surface area contributed by atoms with Crippen molar-refractivity contribution < 1.29 is 19.1 Å². The number of ether oxygens (including phenoxy) is 1. The summed E-state index contributed by atoms with van der Waals surface area (Å²) < 4.78 is 5.08. The number of fused-ring (bicyclic) bond motifs is 1. The predicted molar refractivity (Wildman–Crippen MR) is 92.5 cm³/mol. The second kappa shape index (κ2) is 7.27. The Morgan fingerprint density at radius 2 is 2.00 bits per heavy atom. The Balaban J connectivity index is 1.60. The Morgan fingerprint density at radius 1 is 1.20 bits per heavy atom. The summed E-state index contributed by atoms with van der Waals surface area (Å²) in [5, 5.41) is 10.00. The first-order valence-corrected chi connectivity index (χ1v) is 8.33. The summed E-state index contributed by atoms with van der Waals surface area (Å²) in [5.41, 5.74) is 0.877. The van der Waals surface area contributed by atoms with Gasteiger partial charge in [-0.1, -0.05) is 18.2 Å². The fraction of sp³-hybridized carbons (Fsp3) is 0.176. The molecule has 0 bridgehead atoms. The maximum atomic E-state index is 12.2. The molecular formula is C17H15N3O4S. The summed E-state index contributed by atoms with van der Waals surface area (Å²) in [5.74, 6) is -1.09. The standard InChI is InChI=1S/C17H15N3O4S/c1-10(21)18-8-11-6-7-15(25-11)14(22)9-24-17(23)16-12-4-2-3-5-13(12)19-20-16/h2-7H,8-9H2,1H3,(H,18,21)(H,19,20). The van der Waals surface area contributed by atoms with Gasteiger partial charge in [-0.05, 0) is 18.2 Å². The molecule has 7 nitrogen and oxygen atoms in total. The smallest absolute Gasteiger partial charge is 0.359 e. The van der Waals surface area contributed by atoms with Crippen molar-refractivity contribution in [2.45, 2.75) is 13.5 Å². The Bertz CT molecular complexity index is 944. The van der Waals surface area contributed by atoms with Crippen LogP contribution in [0.3, 0.4) is 0 Å². The molecular weight excluding hydrogens is 342 g/mol. The highest BCUT2D eigenvalue weighted by Crippen LogP contribution is 2.18. The van der Waals surface area contributed by atoms with Crippen molar-refractivity contribution in [3.8, 4) is 0 Å². The molecule has 0 unspecified atom stereocenters. The number of amides is 1. The predicted octanol–water partition coefficient (Wildman–Crippen LogP) is 2.30. The van der Waals surface area contributed by atoms with Gasteiger partial charge in [0.1, 0.15) is 0 Å². The minimum Gasteiger partial charge on any atom is -0.452 e. The largest absolute Gasteiger partial charge is 0.452 e. The molecule has 0 aliphatic carbocycles. The summed E-state index contributed by atoms with van der Waals surface area (Å²) in [6.45, 7) is 1.43. The number of rotatable bonds is 6. The number of Topliss-reactive ketones (excluding diaryl/α,β-unsaturated/α-hetero) is 1. The number of benzene rings is 1. The van der Waals surface area contributed by atoms with E-state index in [2.05, 4.69) is 15.5 Å². The molecule has 2 aromatic heterocycles. The molecule has 0 aliphatic rings. The second-order valence-electron chi connectivity index (χ2n) is 5.29. The number of carbonyl (C=O) groups excluding carboxylic acids is 3. The summed E-state index contributed by atoms with van der Waals surface area (Å²) in [4.78, 5) is 36.5. The Labute approximate surface area is 147 Å². The van der Waals surface area contributed by atoms with E-state index in [0.717, 1.165) is 10.4 Å². The molecule has 1 amide bonds. The lowest BCUT2D eigenvalue weighted by atomic mass is 10.2. The first kappa shape index (κ1) is 16.8. The van der Waals surface area contributed by atoms with Crippen LogP contribution in [0.2, 0.25) is 0 Å². The highest BCUT2D eigenvalue weighted by molar-refractivity contribution is 7.14. The fourth-order valence-electron chi connectivity index (χ4n) is 2.22. The molecule has 0 aliphatic heterocycles. The van der Waals surface area contributed by atoms with Crippen LogP contribution in [0.15, 0.2) is 36.4 Å². The maximum absolute atomic E-state index is 12.2. The summed E-state index contributed by atoms with van der Waals surface area (Å²) in [6, 6.07) is 10.6. The molecule has 0 radical (unpaired) electrons. The first-order chi connectivity index (χ1) is 12.0. The van der Waals surface area contributed by atoms with Gasteiger partial charge in [-0.2, -0.15) is 5.10 Å². The zero-order valence-corrected chi connectivity index (χ0v) is 14.2. The van der Waals surface area contributed by atoms with E-state index in [-0.39, 0.29) is 24.0 Å². The number of ketones is 1. The molecule has 128 valence electrons. The van der Waals surface area contributed by atoms with Crippen molar-refractivity contribution in [2.75, 3.05) is 6.61 Å². The third-order valence-electron chi connectivity index (χ3n) is 3.45. The van der Waals surface area contributed by atoms with E-state index < -0.39 is 5.97 Å². The fourth-order valence-corrected chi connectivity index (χ4v) is 3.10. The Kier molecular flexibility index (Phi) is 4.90. The molecule has 0 spiro atoms. The number of nitrogens with zero attached hydrogens (tertiary/aromatic N) is 1. The van der Waals surface area contributed by atoms with Gasteiger partial charge >= 0.3 is 5.97 Å². The Hall–Kier alpha value is -3.00. The van der Waals surface area contributed by atoms with Crippen LogP contribution >= 0.6 is 11.3 Å². The molecule has 2 heterocycles. The number of esters is 1. The lowest BCUT2D eigenvalue weighted by molar-refractivity contribution is -0.119. The highest BCUT2D eigenvalue weighted by Gasteiger charge is 2.18. The first-order valence-electron chi connectivity index (χ1n) is 7.51. The Morgan fingerprint density at radius 3 is 2.80 bits per heavy atom. The summed E-state index contributed by atoms with van der Waals surface area (Å²) in [7, 11) is 0. The van der Waals surface area contributed by atoms with E-state index >= 15 is 0 Å². The van der Waals surface area contributed by atoms with Gasteiger partial charge in [0.15, 0.2) is 12.3 Å². The molecule has 0 saturated heterocycles. The number of H-pyrrole nitrogens is 1. The van der Waals surface area contributed by atoms with E-state index in [4.69, 9.17) is 4.74 Å². The molecule has 8 heteroatoms. The molecule has 3 rings (SSSR count). The lowest BCUT2D eigenvalue weighted by Gasteiger charge is -2.01. The van der Waals surface area contributed by atoms with Gasteiger partial charge in [-0.25, -0.2) is 4.79 Å². The number of aromatic nitrogens is 2. The van der Waals surface area contributed by atoms with Crippen LogP contribution in [-0.4, -0.2) is 34.5 Å². The van der Waals surface area contributed by atoms with Crippen molar-refractivity contribution in [3.05, 3.63) is 51.8 Å². The highest BCUT2D eigenvalue weighted by atomic mass is 32.1. The van der Waals surface area contributed by atoms with Crippen LogP contribution in [0, 0.1) is 0 Å². The van der Waals surface area contributed by atoms with E-state index in [1.165, 1.54) is 18.3 Å². The summed E-state index contributed by atoms with van der Waals surface area (Å²) in [6.07, 6.45) is 0. The van der Waals surface area contributed by atoms with Crippen molar-refractivity contribution in [1.29, 1.82) is 0 Å². The van der Waals surface area contributed by atoms with Crippen molar-refractivity contribution in [3.63, 3.8) is 0 Å². The number of para-hydroxylation sites is 1. The summed E-state index contributed by atoms with van der Waals surface area (Å²) >= 11 is 1.26. The van der Waals surface area contributed by atoms with Gasteiger partial charge in [0.05, 0.1) is 16.9 Å². The molecule has 3 aromatic rings. The van der Waals surface area contributed by atoms with Gasteiger partial charge in [-0.15, -0.1) is 11.3 Å². The van der Waals surface area contributed by atoms with Crippen LogP contribution in [-0.2, 0) is 16.1 Å². The third kappa shape index (κ3) is 3.92. The number of carbonyl (C=O) groups is 3. The number of hydrogen-bond donors (Lipinski definition) is 2. The van der Waals surface area contributed by atoms with Gasteiger partial charge in [-0.3, -0.25) is 14.7 Å². The van der Waals surface area contributed by atoms with Crippen molar-refractivity contribution >= 4 is 39.9 Å². The van der Waals surface area contributed by atoms with Crippen LogP contribution in [0.5, 0.6) is 0 Å². The number of hydrogen-bond acceptors (Lipinski definition) is 6. The monoisotopic (exact) mass is 357 g/mol. The average molecular weight is 357 g/mol. The SMILES string of the molecule is CC(=O)NCc1ccc(C(=O)COC(=O)c2n[nH]c3ccccc23)s1. The zero-order valence-electron chi connectivity index (χ0n) is 13.4. The molecule has 2 N–H and O–H groups in total. The van der Waals surface area contributed by atoms with Crippen LogP contribution in [0.1, 0.15) is 32.0 Å². The zero-order chi connectivity index (χ0) is 17.8. The maximum Gasteiger partial charge on any atom is 0.359 e. The van der Waals surface area contributed by atoms with E-state index in [0.29, 0.717) is 16.8 Å². The van der Waals surface area contributed by atoms with Crippen molar-refractivity contribution in [1.82, 2.24) is 15.5 Å².